The van der Waals surface area contributed by atoms with Gasteiger partial charge in [-0.3, -0.25) is 9.80 Å². The Hall–Kier alpha value is -0.120. The van der Waals surface area contributed by atoms with Crippen LogP contribution < -0.4 is 5.73 Å². The molecule has 100 valence electrons. The third kappa shape index (κ3) is 2.51. The van der Waals surface area contributed by atoms with Gasteiger partial charge < -0.3 is 5.73 Å². The number of nitrogens with two attached hydrogens (primary N) is 1. The van der Waals surface area contributed by atoms with E-state index >= 15 is 0 Å². The van der Waals surface area contributed by atoms with Crippen LogP contribution in [0.2, 0.25) is 0 Å². The summed E-state index contributed by atoms with van der Waals surface area (Å²) >= 11 is 0. The Morgan fingerprint density at radius 1 is 1.24 bits per heavy atom. The molecule has 2 rings (SSSR count). The monoisotopic (exact) mass is 239 g/mol. The quantitative estimate of drug-likeness (QED) is 0.792. The second kappa shape index (κ2) is 5.68. The first-order chi connectivity index (χ1) is 8.25. The first-order valence-corrected chi connectivity index (χ1v) is 7.45. The zero-order valence-corrected chi connectivity index (χ0v) is 11.6. The van der Waals surface area contributed by atoms with Crippen LogP contribution in [0.1, 0.15) is 46.0 Å². The van der Waals surface area contributed by atoms with Gasteiger partial charge in [-0.1, -0.05) is 26.7 Å². The Morgan fingerprint density at radius 3 is 2.41 bits per heavy atom. The van der Waals surface area contributed by atoms with E-state index in [0.29, 0.717) is 5.54 Å². The van der Waals surface area contributed by atoms with E-state index in [-0.39, 0.29) is 0 Å². The molecular weight excluding hydrogens is 210 g/mol. The van der Waals surface area contributed by atoms with Crippen LogP contribution in [-0.2, 0) is 0 Å². The van der Waals surface area contributed by atoms with Crippen molar-refractivity contribution in [3.05, 3.63) is 0 Å². The van der Waals surface area contributed by atoms with Crippen LogP contribution in [0.4, 0.5) is 0 Å². The summed E-state index contributed by atoms with van der Waals surface area (Å²) < 4.78 is 0. The molecule has 0 aromatic heterocycles. The molecule has 1 saturated carbocycles. The maximum atomic E-state index is 6.08. The Bertz CT molecular complexity index is 232. The molecule has 0 radical (unpaired) electrons. The van der Waals surface area contributed by atoms with Gasteiger partial charge in [0.25, 0.3) is 0 Å². The number of likely N-dealkylation sites (tertiary alicyclic amines) is 1. The van der Waals surface area contributed by atoms with Gasteiger partial charge in [0.1, 0.15) is 0 Å². The van der Waals surface area contributed by atoms with Gasteiger partial charge in [0.05, 0.1) is 0 Å². The van der Waals surface area contributed by atoms with Crippen LogP contribution in [0, 0.1) is 0 Å². The topological polar surface area (TPSA) is 32.5 Å². The Balaban J connectivity index is 1.96. The molecule has 1 unspecified atom stereocenters. The van der Waals surface area contributed by atoms with Gasteiger partial charge in [-0.2, -0.15) is 0 Å². The lowest BCUT2D eigenvalue weighted by Crippen LogP contribution is -2.52. The van der Waals surface area contributed by atoms with Crippen molar-refractivity contribution in [2.45, 2.75) is 57.5 Å². The predicted octanol–water partition coefficient (Wildman–Crippen LogP) is 1.67. The highest BCUT2D eigenvalue weighted by molar-refractivity contribution is 5.00. The van der Waals surface area contributed by atoms with E-state index in [1.165, 1.54) is 58.3 Å². The summed E-state index contributed by atoms with van der Waals surface area (Å²) in [5.41, 5.74) is 6.44. The van der Waals surface area contributed by atoms with Crippen LogP contribution in [0.25, 0.3) is 0 Å². The van der Waals surface area contributed by atoms with Crippen molar-refractivity contribution in [2.24, 2.45) is 5.73 Å². The zero-order chi connectivity index (χ0) is 12.3. The number of rotatable bonds is 5. The number of hydrogen-bond donors (Lipinski definition) is 1. The van der Waals surface area contributed by atoms with Crippen LogP contribution in [-0.4, -0.2) is 54.1 Å². The Kier molecular flexibility index (Phi) is 4.45. The van der Waals surface area contributed by atoms with E-state index in [2.05, 4.69) is 23.6 Å². The van der Waals surface area contributed by atoms with E-state index in [4.69, 9.17) is 5.73 Å². The Morgan fingerprint density at radius 2 is 1.88 bits per heavy atom. The molecule has 2 N–H and O–H groups in total. The zero-order valence-electron chi connectivity index (χ0n) is 11.6. The molecular formula is C14H29N3. The van der Waals surface area contributed by atoms with Crippen molar-refractivity contribution in [1.82, 2.24) is 9.80 Å². The van der Waals surface area contributed by atoms with Crippen LogP contribution in [0.15, 0.2) is 0 Å². The first-order valence-electron chi connectivity index (χ1n) is 7.45. The van der Waals surface area contributed by atoms with Gasteiger partial charge in [-0.25, -0.2) is 0 Å². The van der Waals surface area contributed by atoms with Crippen molar-refractivity contribution in [2.75, 3.05) is 32.7 Å². The molecule has 17 heavy (non-hydrogen) atoms. The fourth-order valence-electron chi connectivity index (χ4n) is 3.89. The lowest BCUT2D eigenvalue weighted by molar-refractivity contribution is 0.114. The molecule has 0 amide bonds. The number of nitrogens with zero attached hydrogens (tertiary/aromatic N) is 2. The predicted molar refractivity (Wildman–Crippen MR) is 73.2 cm³/mol. The molecule has 1 atom stereocenters. The summed E-state index contributed by atoms with van der Waals surface area (Å²) in [4.78, 5) is 5.32. The molecule has 0 bridgehead atoms. The van der Waals surface area contributed by atoms with Crippen LogP contribution in [0.5, 0.6) is 0 Å². The van der Waals surface area contributed by atoms with Crippen LogP contribution in [0.3, 0.4) is 0 Å². The van der Waals surface area contributed by atoms with Gasteiger partial charge in [0, 0.05) is 31.2 Å². The van der Waals surface area contributed by atoms with Gasteiger partial charge in [0.15, 0.2) is 0 Å². The van der Waals surface area contributed by atoms with E-state index in [0.717, 1.165) is 12.6 Å². The van der Waals surface area contributed by atoms with E-state index in [1.54, 1.807) is 0 Å². The summed E-state index contributed by atoms with van der Waals surface area (Å²) in [6, 6.07) is 0.772. The maximum absolute atomic E-state index is 6.08. The van der Waals surface area contributed by atoms with Crippen molar-refractivity contribution in [3.8, 4) is 0 Å². The molecule has 1 aliphatic carbocycles. The summed E-state index contributed by atoms with van der Waals surface area (Å²) in [5, 5.41) is 0. The minimum absolute atomic E-state index is 0.363. The van der Waals surface area contributed by atoms with Crippen molar-refractivity contribution >= 4 is 0 Å². The molecule has 2 fully saturated rings. The molecule has 1 heterocycles. The standard InChI is InChI=1S/C14H29N3/c1-3-16(4-2)13-7-10-17(11-13)14(12-15)8-5-6-9-14/h13H,3-12,15H2,1-2H3. The average molecular weight is 239 g/mol. The summed E-state index contributed by atoms with van der Waals surface area (Å²) in [6.45, 7) is 10.3. The first kappa shape index (κ1) is 13.3. The van der Waals surface area contributed by atoms with Crippen molar-refractivity contribution in [3.63, 3.8) is 0 Å². The van der Waals surface area contributed by atoms with E-state index in [1.807, 2.05) is 0 Å². The molecule has 3 nitrogen and oxygen atoms in total. The third-order valence-corrected chi connectivity index (χ3v) is 5.08. The fraction of sp³-hybridized carbons (Fsp3) is 1.00. The molecule has 2 aliphatic rings. The van der Waals surface area contributed by atoms with Crippen LogP contribution >= 0.6 is 0 Å². The number of likely N-dealkylation sites (N-methyl/N-ethyl adjacent to an activating group) is 1. The normalized spacial score (nSPS) is 29.3. The highest BCUT2D eigenvalue weighted by Gasteiger charge is 2.42. The van der Waals surface area contributed by atoms with E-state index < -0.39 is 0 Å². The summed E-state index contributed by atoms with van der Waals surface area (Å²) in [5.74, 6) is 0. The minimum Gasteiger partial charge on any atom is -0.329 e. The lowest BCUT2D eigenvalue weighted by Gasteiger charge is -2.38. The molecule has 0 aromatic rings. The largest absolute Gasteiger partial charge is 0.329 e. The SMILES string of the molecule is CCN(CC)C1CCN(C2(CN)CCCC2)C1. The lowest BCUT2D eigenvalue weighted by atomic mass is 9.96. The van der Waals surface area contributed by atoms with Gasteiger partial charge >= 0.3 is 0 Å². The third-order valence-electron chi connectivity index (χ3n) is 5.08. The van der Waals surface area contributed by atoms with Gasteiger partial charge in [-0.15, -0.1) is 0 Å². The average Bonchev–Trinajstić information content (AvgIpc) is 2.99. The fourth-order valence-corrected chi connectivity index (χ4v) is 3.89. The molecule has 1 aliphatic heterocycles. The highest BCUT2D eigenvalue weighted by atomic mass is 15.3. The maximum Gasteiger partial charge on any atom is 0.0332 e. The molecule has 0 spiro atoms. The number of hydrogen-bond acceptors (Lipinski definition) is 3. The second-order valence-corrected chi connectivity index (χ2v) is 5.75. The second-order valence-electron chi connectivity index (χ2n) is 5.75. The van der Waals surface area contributed by atoms with Crippen molar-refractivity contribution in [1.29, 1.82) is 0 Å². The smallest absolute Gasteiger partial charge is 0.0332 e. The molecule has 3 heteroatoms. The minimum atomic E-state index is 0.363. The molecule has 1 saturated heterocycles. The molecule has 0 aromatic carbocycles. The highest BCUT2D eigenvalue weighted by Crippen LogP contribution is 2.37. The van der Waals surface area contributed by atoms with Gasteiger partial charge in [0.2, 0.25) is 0 Å². The Labute approximate surface area is 106 Å². The summed E-state index contributed by atoms with van der Waals surface area (Å²) in [6.07, 6.45) is 6.75. The van der Waals surface area contributed by atoms with Crippen molar-refractivity contribution < 1.29 is 0 Å². The summed E-state index contributed by atoms with van der Waals surface area (Å²) in [7, 11) is 0. The van der Waals surface area contributed by atoms with E-state index in [9.17, 15) is 0 Å². The van der Waals surface area contributed by atoms with Gasteiger partial charge in [-0.05, 0) is 32.4 Å².